The van der Waals surface area contributed by atoms with Gasteiger partial charge in [0.1, 0.15) is 5.60 Å². The molecule has 1 aromatic rings. The summed E-state index contributed by atoms with van der Waals surface area (Å²) in [5.41, 5.74) is 0.554. The van der Waals surface area contributed by atoms with Gasteiger partial charge in [0.25, 0.3) is 0 Å². The summed E-state index contributed by atoms with van der Waals surface area (Å²) in [5.74, 6) is 0.247. The minimum Gasteiger partial charge on any atom is -0.367 e. The lowest BCUT2D eigenvalue weighted by Gasteiger charge is -2.35. The molecular formula is C16H21BrO2. The smallest absolute Gasteiger partial charge is 0.168 e. The van der Waals surface area contributed by atoms with Crippen molar-refractivity contribution in [1.29, 1.82) is 0 Å². The van der Waals surface area contributed by atoms with Crippen molar-refractivity contribution in [3.8, 4) is 0 Å². The lowest BCUT2D eigenvalue weighted by molar-refractivity contribution is -0.148. The number of rotatable bonds is 5. The normalized spacial score (nSPS) is 18.2. The number of hydrogen-bond acceptors (Lipinski definition) is 2. The first-order valence-electron chi connectivity index (χ1n) is 7.08. The van der Waals surface area contributed by atoms with Gasteiger partial charge in [0, 0.05) is 17.5 Å². The molecule has 0 heterocycles. The number of hydrogen-bond donors (Lipinski definition) is 0. The Bertz CT molecular complexity index is 413. The number of benzene rings is 1. The third kappa shape index (κ3) is 3.67. The molecule has 0 N–H and O–H groups in total. The Morgan fingerprint density at radius 2 is 1.84 bits per heavy atom. The molecule has 104 valence electrons. The fourth-order valence-electron chi connectivity index (χ4n) is 2.85. The van der Waals surface area contributed by atoms with Gasteiger partial charge in [0.05, 0.1) is 0 Å². The molecule has 2 rings (SSSR count). The molecule has 0 saturated heterocycles. The zero-order chi connectivity index (χ0) is 13.7. The molecule has 1 fully saturated rings. The first-order valence-corrected chi connectivity index (χ1v) is 7.87. The Kier molecular flexibility index (Phi) is 5.17. The number of carbonyl (C=O) groups is 1. The summed E-state index contributed by atoms with van der Waals surface area (Å²) in [4.78, 5) is 12.6. The van der Waals surface area contributed by atoms with Gasteiger partial charge < -0.3 is 4.74 Å². The number of Topliss-reactive ketones (excluding diaryl/α,β-unsaturated/α-hetero) is 1. The minimum absolute atomic E-state index is 0.247. The van der Waals surface area contributed by atoms with Gasteiger partial charge in [-0.15, -0.1) is 0 Å². The van der Waals surface area contributed by atoms with Gasteiger partial charge in [-0.3, -0.25) is 4.79 Å². The summed E-state index contributed by atoms with van der Waals surface area (Å²) < 4.78 is 6.91. The van der Waals surface area contributed by atoms with Crippen molar-refractivity contribution in [1.82, 2.24) is 0 Å². The van der Waals surface area contributed by atoms with E-state index in [1.807, 2.05) is 31.2 Å². The lowest BCUT2D eigenvalue weighted by Crippen LogP contribution is -2.44. The fourth-order valence-corrected chi connectivity index (χ4v) is 3.12. The van der Waals surface area contributed by atoms with E-state index in [4.69, 9.17) is 4.74 Å². The molecule has 0 bridgehead atoms. The second kappa shape index (κ2) is 6.67. The summed E-state index contributed by atoms with van der Waals surface area (Å²) in [7, 11) is 0. The van der Waals surface area contributed by atoms with Gasteiger partial charge in [0.15, 0.2) is 5.78 Å². The van der Waals surface area contributed by atoms with Gasteiger partial charge in [-0.25, -0.2) is 0 Å². The first kappa shape index (κ1) is 14.7. The zero-order valence-electron chi connectivity index (χ0n) is 11.5. The average molecular weight is 325 g/mol. The van der Waals surface area contributed by atoms with E-state index in [1.165, 1.54) is 6.42 Å². The van der Waals surface area contributed by atoms with Crippen molar-refractivity contribution in [2.75, 3.05) is 6.61 Å². The lowest BCUT2D eigenvalue weighted by atomic mass is 9.79. The predicted octanol–water partition coefficient (Wildman–Crippen LogP) is 4.30. The van der Waals surface area contributed by atoms with Crippen LogP contribution in [0.2, 0.25) is 0 Å². The van der Waals surface area contributed by atoms with Crippen molar-refractivity contribution < 1.29 is 9.53 Å². The molecule has 0 amide bonds. The third-order valence-electron chi connectivity index (χ3n) is 3.87. The highest BCUT2D eigenvalue weighted by atomic mass is 79.9. The maximum absolute atomic E-state index is 12.6. The Morgan fingerprint density at radius 3 is 2.42 bits per heavy atom. The van der Waals surface area contributed by atoms with Crippen LogP contribution in [0.3, 0.4) is 0 Å². The van der Waals surface area contributed by atoms with Gasteiger partial charge in [-0.2, -0.15) is 0 Å². The average Bonchev–Trinajstić information content (AvgIpc) is 2.43. The molecule has 3 heteroatoms. The topological polar surface area (TPSA) is 26.3 Å². The predicted molar refractivity (Wildman–Crippen MR) is 80.3 cm³/mol. The van der Waals surface area contributed by atoms with Crippen molar-refractivity contribution in [2.24, 2.45) is 0 Å². The summed E-state index contributed by atoms with van der Waals surface area (Å²) in [6.07, 6.45) is 5.68. The molecule has 0 aliphatic heterocycles. The molecule has 0 unspecified atom stereocenters. The van der Waals surface area contributed by atoms with E-state index in [0.717, 1.165) is 35.7 Å². The van der Waals surface area contributed by atoms with Crippen LogP contribution >= 0.6 is 15.9 Å². The quantitative estimate of drug-likeness (QED) is 0.807. The van der Waals surface area contributed by atoms with E-state index in [9.17, 15) is 4.79 Å². The molecule has 19 heavy (non-hydrogen) atoms. The largest absolute Gasteiger partial charge is 0.367 e. The number of ketones is 1. The summed E-state index contributed by atoms with van der Waals surface area (Å²) in [5, 5.41) is 0. The van der Waals surface area contributed by atoms with Crippen LogP contribution in [0.5, 0.6) is 0 Å². The molecule has 0 aromatic heterocycles. The van der Waals surface area contributed by atoms with E-state index in [0.29, 0.717) is 13.0 Å². The summed E-state index contributed by atoms with van der Waals surface area (Å²) >= 11 is 3.41. The molecule has 0 radical (unpaired) electrons. The van der Waals surface area contributed by atoms with Gasteiger partial charge in [-0.05, 0) is 37.5 Å². The van der Waals surface area contributed by atoms with Crippen LogP contribution in [0, 0.1) is 0 Å². The van der Waals surface area contributed by atoms with E-state index in [2.05, 4.69) is 15.9 Å². The van der Waals surface area contributed by atoms with Crippen molar-refractivity contribution >= 4 is 21.7 Å². The van der Waals surface area contributed by atoms with Gasteiger partial charge in [-0.1, -0.05) is 47.3 Å². The first-order chi connectivity index (χ1) is 9.16. The van der Waals surface area contributed by atoms with Crippen LogP contribution in [0.25, 0.3) is 0 Å². The Balaban J connectivity index is 2.09. The van der Waals surface area contributed by atoms with Crippen LogP contribution in [0.15, 0.2) is 28.7 Å². The zero-order valence-corrected chi connectivity index (χ0v) is 13.0. The van der Waals surface area contributed by atoms with Crippen molar-refractivity contribution in [3.05, 3.63) is 34.3 Å². The molecule has 0 atom stereocenters. The van der Waals surface area contributed by atoms with E-state index >= 15 is 0 Å². The number of carbonyl (C=O) groups excluding carboxylic acids is 1. The maximum Gasteiger partial charge on any atom is 0.168 e. The van der Waals surface area contributed by atoms with E-state index in [-0.39, 0.29) is 5.78 Å². The van der Waals surface area contributed by atoms with E-state index < -0.39 is 5.60 Å². The van der Waals surface area contributed by atoms with Crippen LogP contribution in [0.4, 0.5) is 0 Å². The van der Waals surface area contributed by atoms with Gasteiger partial charge in [0.2, 0.25) is 0 Å². The summed E-state index contributed by atoms with van der Waals surface area (Å²) in [6.45, 7) is 2.59. The number of halogens is 1. The van der Waals surface area contributed by atoms with Crippen LogP contribution < -0.4 is 0 Å². The summed E-state index contributed by atoms with van der Waals surface area (Å²) in [6, 6.07) is 7.97. The number of ether oxygens (including phenoxy) is 1. The van der Waals surface area contributed by atoms with Crippen LogP contribution in [-0.4, -0.2) is 18.0 Å². The van der Waals surface area contributed by atoms with Crippen molar-refractivity contribution in [3.63, 3.8) is 0 Å². The van der Waals surface area contributed by atoms with E-state index in [1.54, 1.807) is 0 Å². The second-order valence-corrected chi connectivity index (χ2v) is 6.13. The molecule has 1 aromatic carbocycles. The standard InChI is InChI=1S/C16H21BrO2/c1-2-19-16(10-4-3-5-11-16)15(18)12-13-6-8-14(17)9-7-13/h6-9H,2-5,10-12H2,1H3. The molecule has 0 spiro atoms. The SMILES string of the molecule is CCOC1(C(=O)Cc2ccc(Br)cc2)CCCCC1. The minimum atomic E-state index is -0.514. The maximum atomic E-state index is 12.6. The molecule has 1 aliphatic carbocycles. The second-order valence-electron chi connectivity index (χ2n) is 5.21. The van der Waals surface area contributed by atoms with Crippen LogP contribution in [0.1, 0.15) is 44.6 Å². The molecular weight excluding hydrogens is 304 g/mol. The molecule has 1 saturated carbocycles. The highest BCUT2D eigenvalue weighted by molar-refractivity contribution is 9.10. The molecule has 2 nitrogen and oxygen atoms in total. The Labute approximate surface area is 123 Å². The highest BCUT2D eigenvalue weighted by Gasteiger charge is 2.39. The monoisotopic (exact) mass is 324 g/mol. The highest BCUT2D eigenvalue weighted by Crippen LogP contribution is 2.33. The molecule has 1 aliphatic rings. The fraction of sp³-hybridized carbons (Fsp3) is 0.562. The third-order valence-corrected chi connectivity index (χ3v) is 4.40. The Morgan fingerprint density at radius 1 is 1.21 bits per heavy atom. The van der Waals surface area contributed by atoms with Crippen molar-refractivity contribution in [2.45, 2.75) is 51.0 Å². The van der Waals surface area contributed by atoms with Crippen LogP contribution in [-0.2, 0) is 16.0 Å². The van der Waals surface area contributed by atoms with Gasteiger partial charge >= 0.3 is 0 Å². The Hall–Kier alpha value is -0.670.